The minimum atomic E-state index is -0.158. The van der Waals surface area contributed by atoms with Crippen molar-refractivity contribution in [3.63, 3.8) is 0 Å². The quantitative estimate of drug-likeness (QED) is 0.730. The summed E-state index contributed by atoms with van der Waals surface area (Å²) in [6.45, 7) is 7.05. The number of H-pyrrole nitrogens is 1. The van der Waals surface area contributed by atoms with Crippen molar-refractivity contribution < 1.29 is 0 Å². The second kappa shape index (κ2) is 6.86. The van der Waals surface area contributed by atoms with Gasteiger partial charge in [0.1, 0.15) is 0 Å². The van der Waals surface area contributed by atoms with E-state index in [1.807, 2.05) is 0 Å². The zero-order chi connectivity index (χ0) is 17.1. The number of fused-ring (bicyclic) bond motifs is 1. The van der Waals surface area contributed by atoms with Crippen molar-refractivity contribution in [1.82, 2.24) is 19.6 Å². The Morgan fingerprint density at radius 1 is 1.25 bits per heavy atom. The second-order valence-corrected chi connectivity index (χ2v) is 6.30. The molecule has 0 aliphatic heterocycles. The predicted octanol–water partition coefficient (Wildman–Crippen LogP) is 3.11. The van der Waals surface area contributed by atoms with Crippen molar-refractivity contribution >= 4 is 11.7 Å². The van der Waals surface area contributed by atoms with Crippen LogP contribution in [-0.2, 0) is 13.0 Å². The van der Waals surface area contributed by atoms with E-state index in [1.165, 1.54) is 10.1 Å². The molecule has 0 radical (unpaired) electrons. The molecule has 24 heavy (non-hydrogen) atoms. The fraction of sp³-hybridized carbons (Fsp3) is 0.389. The summed E-state index contributed by atoms with van der Waals surface area (Å²) in [5.41, 5.74) is 3.20. The molecule has 0 bridgehead atoms. The highest BCUT2D eigenvalue weighted by Gasteiger charge is 2.08. The lowest BCUT2D eigenvalue weighted by Crippen LogP contribution is -2.15. The molecule has 6 nitrogen and oxygen atoms in total. The van der Waals surface area contributed by atoms with E-state index >= 15 is 0 Å². The molecule has 0 atom stereocenters. The molecule has 0 fully saturated rings. The molecular weight excluding hydrogens is 302 g/mol. The maximum atomic E-state index is 12.1. The Labute approximate surface area is 141 Å². The minimum Gasteiger partial charge on any atom is -0.349 e. The van der Waals surface area contributed by atoms with Crippen molar-refractivity contribution in [3.05, 3.63) is 57.5 Å². The Balaban J connectivity index is 1.75. The lowest BCUT2D eigenvalue weighted by molar-refractivity contribution is 0.837. The van der Waals surface area contributed by atoms with E-state index in [2.05, 4.69) is 65.4 Å². The van der Waals surface area contributed by atoms with Gasteiger partial charge in [-0.3, -0.25) is 4.79 Å². The maximum absolute atomic E-state index is 12.1. The molecule has 3 aromatic rings. The van der Waals surface area contributed by atoms with Crippen LogP contribution in [0.3, 0.4) is 0 Å². The lowest BCUT2D eigenvalue weighted by atomic mass is 10.0. The van der Waals surface area contributed by atoms with Gasteiger partial charge >= 0.3 is 0 Å². The second-order valence-electron chi connectivity index (χ2n) is 6.30. The summed E-state index contributed by atoms with van der Waals surface area (Å²) in [6, 6.07) is 10.1. The Morgan fingerprint density at radius 2 is 2.00 bits per heavy atom. The van der Waals surface area contributed by atoms with E-state index in [1.54, 1.807) is 6.07 Å². The molecule has 2 heterocycles. The number of rotatable bonds is 6. The van der Waals surface area contributed by atoms with Gasteiger partial charge in [0.25, 0.3) is 5.56 Å². The highest BCUT2D eigenvalue weighted by Crippen LogP contribution is 2.15. The first-order valence-electron chi connectivity index (χ1n) is 8.38. The molecule has 0 saturated carbocycles. The summed E-state index contributed by atoms with van der Waals surface area (Å²) in [5, 5.41) is 7.40. The molecular formula is C18H23N5O. The fourth-order valence-electron chi connectivity index (χ4n) is 2.62. The van der Waals surface area contributed by atoms with E-state index in [-0.39, 0.29) is 5.56 Å². The van der Waals surface area contributed by atoms with Crippen molar-refractivity contribution in [2.24, 2.45) is 0 Å². The van der Waals surface area contributed by atoms with Crippen LogP contribution >= 0.6 is 0 Å². The smallest absolute Gasteiger partial charge is 0.275 e. The topological polar surface area (TPSA) is 75.1 Å². The number of hydrogen-bond donors (Lipinski definition) is 2. The normalized spacial score (nSPS) is 11.3. The van der Waals surface area contributed by atoms with Gasteiger partial charge in [0.2, 0.25) is 11.7 Å². The van der Waals surface area contributed by atoms with Crippen LogP contribution in [0.1, 0.15) is 49.9 Å². The number of aryl methyl sites for hydroxylation is 1. The van der Waals surface area contributed by atoms with E-state index in [0.717, 1.165) is 24.1 Å². The first-order valence-corrected chi connectivity index (χ1v) is 8.38. The molecule has 0 saturated heterocycles. The van der Waals surface area contributed by atoms with Gasteiger partial charge < -0.3 is 10.3 Å². The molecule has 0 spiro atoms. The highest BCUT2D eigenvalue weighted by molar-refractivity contribution is 5.38. The van der Waals surface area contributed by atoms with E-state index < -0.39 is 0 Å². The van der Waals surface area contributed by atoms with Gasteiger partial charge in [-0.15, -0.1) is 5.10 Å². The Hall–Kier alpha value is -2.63. The molecule has 0 amide bonds. The molecule has 126 valence electrons. The summed E-state index contributed by atoms with van der Waals surface area (Å²) in [6.07, 6.45) is 1.79. The largest absolute Gasteiger partial charge is 0.349 e. The number of aromatic amines is 1. The first-order chi connectivity index (χ1) is 11.6. The van der Waals surface area contributed by atoms with Gasteiger partial charge in [-0.05, 0) is 23.5 Å². The van der Waals surface area contributed by atoms with Gasteiger partial charge in [-0.1, -0.05) is 51.5 Å². The third-order valence-corrected chi connectivity index (χ3v) is 4.00. The summed E-state index contributed by atoms with van der Waals surface area (Å²) in [4.78, 5) is 19.6. The van der Waals surface area contributed by atoms with E-state index in [0.29, 0.717) is 24.2 Å². The number of aromatic nitrogens is 4. The molecule has 1 aromatic carbocycles. The van der Waals surface area contributed by atoms with Crippen LogP contribution < -0.4 is 10.9 Å². The highest BCUT2D eigenvalue weighted by atomic mass is 16.1. The van der Waals surface area contributed by atoms with E-state index in [4.69, 9.17) is 0 Å². The van der Waals surface area contributed by atoms with Gasteiger partial charge in [-0.2, -0.15) is 9.50 Å². The zero-order valence-corrected chi connectivity index (χ0v) is 14.3. The fourth-order valence-corrected chi connectivity index (χ4v) is 2.62. The van der Waals surface area contributed by atoms with Crippen LogP contribution in [0.4, 0.5) is 5.95 Å². The standard InChI is InChI=1S/C18H23N5O/c1-4-5-15-10-16(24)23-18(20-15)21-17(22-23)19-11-13-6-8-14(9-7-13)12(2)3/h6-10,12H,4-5,11H2,1-3H3,(H2,19,20,21,22). The molecule has 0 aliphatic rings. The van der Waals surface area contributed by atoms with Crippen molar-refractivity contribution in [1.29, 1.82) is 0 Å². The summed E-state index contributed by atoms with van der Waals surface area (Å²) in [7, 11) is 0. The Morgan fingerprint density at radius 3 is 2.67 bits per heavy atom. The SMILES string of the molecule is CCCc1cc(=O)n2nc(NCc3ccc(C(C)C)cc3)nc2[nH]1. The predicted molar refractivity (Wildman–Crippen MR) is 95.5 cm³/mol. The average molecular weight is 325 g/mol. The molecule has 0 aliphatic carbocycles. The third-order valence-electron chi connectivity index (χ3n) is 4.00. The summed E-state index contributed by atoms with van der Waals surface area (Å²) < 4.78 is 1.29. The number of hydrogen-bond acceptors (Lipinski definition) is 4. The van der Waals surface area contributed by atoms with Crippen molar-refractivity contribution in [2.75, 3.05) is 5.32 Å². The minimum absolute atomic E-state index is 0.158. The van der Waals surface area contributed by atoms with Gasteiger partial charge in [0, 0.05) is 18.3 Å². The number of nitrogens with zero attached hydrogens (tertiary/aromatic N) is 3. The lowest BCUT2D eigenvalue weighted by Gasteiger charge is -2.07. The third kappa shape index (κ3) is 3.48. The molecule has 6 heteroatoms. The van der Waals surface area contributed by atoms with Crippen LogP contribution in [0, 0.1) is 0 Å². The van der Waals surface area contributed by atoms with Gasteiger partial charge in [-0.25, -0.2) is 0 Å². The van der Waals surface area contributed by atoms with Crippen LogP contribution in [0.2, 0.25) is 0 Å². The summed E-state index contributed by atoms with van der Waals surface area (Å²) in [5.74, 6) is 1.45. The average Bonchev–Trinajstić information content (AvgIpc) is 2.97. The van der Waals surface area contributed by atoms with Gasteiger partial charge in [0.15, 0.2) is 0 Å². The number of nitrogens with one attached hydrogen (secondary N) is 2. The Kier molecular flexibility index (Phi) is 4.64. The first kappa shape index (κ1) is 16.2. The number of anilines is 1. The molecule has 2 N–H and O–H groups in total. The van der Waals surface area contributed by atoms with Crippen LogP contribution in [0.15, 0.2) is 35.1 Å². The monoisotopic (exact) mass is 325 g/mol. The molecule has 0 unspecified atom stereocenters. The van der Waals surface area contributed by atoms with Crippen molar-refractivity contribution in [3.8, 4) is 0 Å². The van der Waals surface area contributed by atoms with Crippen LogP contribution in [0.25, 0.3) is 5.78 Å². The molecule has 2 aromatic heterocycles. The van der Waals surface area contributed by atoms with Crippen LogP contribution in [-0.4, -0.2) is 19.6 Å². The van der Waals surface area contributed by atoms with Crippen LogP contribution in [0.5, 0.6) is 0 Å². The number of benzene rings is 1. The van der Waals surface area contributed by atoms with Crippen molar-refractivity contribution in [2.45, 2.75) is 46.1 Å². The van der Waals surface area contributed by atoms with Gasteiger partial charge in [0.05, 0.1) is 0 Å². The maximum Gasteiger partial charge on any atom is 0.275 e. The van der Waals surface area contributed by atoms with E-state index in [9.17, 15) is 4.79 Å². The molecule has 3 rings (SSSR count). The summed E-state index contributed by atoms with van der Waals surface area (Å²) >= 11 is 0. The zero-order valence-electron chi connectivity index (χ0n) is 14.3. The Bertz CT molecular complexity index is 877.